The van der Waals surface area contributed by atoms with Gasteiger partial charge < -0.3 is 4.57 Å². The van der Waals surface area contributed by atoms with E-state index in [-0.39, 0.29) is 23.8 Å². The number of fused-ring (bicyclic) bond motifs is 4. The molecule has 0 aliphatic rings. The number of ketones is 3. The van der Waals surface area contributed by atoms with E-state index in [4.69, 9.17) is 0 Å². The van der Waals surface area contributed by atoms with E-state index in [0.717, 1.165) is 44.7 Å². The minimum absolute atomic E-state index is 0.0275. The van der Waals surface area contributed by atoms with E-state index in [0.29, 0.717) is 22.3 Å². The second kappa shape index (κ2) is 9.80. The maximum Gasteiger partial charge on any atom is 0.193 e. The fourth-order valence-corrected chi connectivity index (χ4v) is 5.55. The molecule has 0 amide bonds. The molecule has 0 fully saturated rings. The van der Waals surface area contributed by atoms with Gasteiger partial charge in [-0.25, -0.2) is 0 Å². The summed E-state index contributed by atoms with van der Waals surface area (Å²) in [6.45, 7) is 4.76. The van der Waals surface area contributed by atoms with Crippen LogP contribution in [0.1, 0.15) is 55.5 Å². The summed E-state index contributed by atoms with van der Waals surface area (Å²) in [7, 11) is 0. The van der Waals surface area contributed by atoms with Crippen molar-refractivity contribution >= 4 is 49.9 Å². The number of hydrogen-bond acceptors (Lipinski definition) is 3. The Labute approximate surface area is 226 Å². The number of rotatable bonds is 7. The van der Waals surface area contributed by atoms with Crippen LogP contribution in [0, 0.1) is 6.92 Å². The molecular weight excluding hydrogens is 482 g/mol. The molecule has 0 spiro atoms. The summed E-state index contributed by atoms with van der Waals surface area (Å²) in [6.07, 6.45) is -0.205. The lowest BCUT2D eigenvalue weighted by Crippen LogP contribution is -2.09. The molecule has 5 aromatic carbocycles. The molecule has 0 aliphatic carbocycles. The topological polar surface area (TPSA) is 56.1 Å². The van der Waals surface area contributed by atoms with Crippen LogP contribution in [-0.2, 0) is 6.54 Å². The van der Waals surface area contributed by atoms with Crippen LogP contribution in [0.15, 0.2) is 103 Å². The highest BCUT2D eigenvalue weighted by molar-refractivity contribution is 6.20. The molecule has 39 heavy (non-hydrogen) atoms. The van der Waals surface area contributed by atoms with Crippen LogP contribution in [0.4, 0.5) is 0 Å². The molecule has 190 valence electrons. The van der Waals surface area contributed by atoms with E-state index in [9.17, 15) is 14.4 Å². The molecule has 0 bridgehead atoms. The average molecular weight is 510 g/mol. The third-order valence-corrected chi connectivity index (χ3v) is 7.57. The first kappa shape index (κ1) is 24.5. The summed E-state index contributed by atoms with van der Waals surface area (Å²) < 4.78 is 2.18. The number of nitrogens with zero attached hydrogens (tertiary/aromatic N) is 1. The largest absolute Gasteiger partial charge is 0.341 e. The van der Waals surface area contributed by atoms with Gasteiger partial charge in [-0.1, -0.05) is 66.7 Å². The Kier molecular flexibility index (Phi) is 6.16. The Morgan fingerprint density at radius 1 is 0.615 bits per heavy atom. The molecule has 6 rings (SSSR count). The zero-order valence-corrected chi connectivity index (χ0v) is 21.9. The van der Waals surface area contributed by atoms with E-state index in [1.165, 1.54) is 0 Å². The monoisotopic (exact) mass is 509 g/mol. The number of aromatic nitrogens is 1. The lowest BCUT2D eigenvalue weighted by atomic mass is 9.96. The highest BCUT2D eigenvalue weighted by Crippen LogP contribution is 2.32. The first-order chi connectivity index (χ1) is 19.0. The predicted octanol–water partition coefficient (Wildman–Crippen LogP) is 7.96. The van der Waals surface area contributed by atoms with Crippen LogP contribution in [0.25, 0.3) is 32.6 Å². The van der Waals surface area contributed by atoms with Crippen molar-refractivity contribution < 1.29 is 14.4 Å². The van der Waals surface area contributed by atoms with E-state index in [1.807, 2.05) is 97.9 Å². The Morgan fingerprint density at radius 2 is 1.23 bits per heavy atom. The fourth-order valence-electron chi connectivity index (χ4n) is 5.55. The van der Waals surface area contributed by atoms with Gasteiger partial charge in [0.2, 0.25) is 0 Å². The van der Waals surface area contributed by atoms with Crippen molar-refractivity contribution in [3.8, 4) is 0 Å². The van der Waals surface area contributed by atoms with Gasteiger partial charge in [-0.05, 0) is 66.6 Å². The third kappa shape index (κ3) is 4.24. The van der Waals surface area contributed by atoms with Crippen LogP contribution in [0.2, 0.25) is 0 Å². The molecule has 0 radical (unpaired) electrons. The van der Waals surface area contributed by atoms with Crippen molar-refractivity contribution in [1.29, 1.82) is 0 Å². The van der Waals surface area contributed by atoms with Gasteiger partial charge in [-0.3, -0.25) is 14.4 Å². The summed E-state index contributed by atoms with van der Waals surface area (Å²) in [6, 6.07) is 32.3. The molecular formula is C35H27NO3. The maximum atomic E-state index is 13.3. The van der Waals surface area contributed by atoms with Gasteiger partial charge in [0.05, 0.1) is 6.42 Å². The summed E-state index contributed by atoms with van der Waals surface area (Å²) >= 11 is 0. The Morgan fingerprint density at radius 3 is 1.97 bits per heavy atom. The van der Waals surface area contributed by atoms with Crippen molar-refractivity contribution in [2.24, 2.45) is 0 Å². The molecule has 4 nitrogen and oxygen atoms in total. The third-order valence-electron chi connectivity index (χ3n) is 7.57. The Hall–Kier alpha value is -4.83. The second-order valence-corrected chi connectivity index (χ2v) is 9.90. The highest BCUT2D eigenvalue weighted by Gasteiger charge is 2.19. The molecule has 4 heteroatoms. The molecule has 0 atom stereocenters. The summed E-state index contributed by atoms with van der Waals surface area (Å²) in [4.78, 5) is 39.9. The van der Waals surface area contributed by atoms with Crippen LogP contribution in [0.3, 0.4) is 0 Å². The highest BCUT2D eigenvalue weighted by atomic mass is 16.1. The molecule has 0 unspecified atom stereocenters. The smallest absolute Gasteiger partial charge is 0.193 e. The summed E-state index contributed by atoms with van der Waals surface area (Å²) in [5.41, 5.74) is 5.26. The first-order valence-corrected chi connectivity index (χ1v) is 13.2. The average Bonchev–Trinajstić information content (AvgIpc) is 3.28. The SMILES string of the molecule is CCn1c2ccc(C(=O)CC(=O)c3cccc4ccccc34)cc2c2cc(C(=O)c3ccccc3C)ccc21. The van der Waals surface area contributed by atoms with Gasteiger partial charge in [-0.2, -0.15) is 0 Å². The molecule has 1 aromatic heterocycles. The van der Waals surface area contributed by atoms with E-state index in [1.54, 1.807) is 12.1 Å². The Balaban J connectivity index is 1.39. The van der Waals surface area contributed by atoms with Crippen LogP contribution >= 0.6 is 0 Å². The van der Waals surface area contributed by atoms with E-state index < -0.39 is 0 Å². The van der Waals surface area contributed by atoms with E-state index >= 15 is 0 Å². The van der Waals surface area contributed by atoms with Gasteiger partial charge in [0.15, 0.2) is 17.3 Å². The number of Topliss-reactive ketones (excluding diaryl/α,β-unsaturated/α-hetero) is 2. The zero-order valence-electron chi connectivity index (χ0n) is 21.9. The zero-order chi connectivity index (χ0) is 27.1. The standard InChI is InChI=1S/C35H27NO3/c1-3-36-31-17-15-24(33(37)21-34(38)28-14-8-11-23-10-5-7-13-27(23)28)19-29(31)30-20-25(16-18-32(30)36)35(39)26-12-6-4-9-22(26)2/h4-20H,3,21H2,1-2H3. The normalized spacial score (nSPS) is 11.3. The lowest BCUT2D eigenvalue weighted by molar-refractivity contribution is 0.0894. The van der Waals surface area contributed by atoms with E-state index in [2.05, 4.69) is 11.5 Å². The number of carbonyl (C=O) groups is 3. The van der Waals surface area contributed by atoms with Crippen molar-refractivity contribution in [3.05, 3.63) is 131 Å². The van der Waals surface area contributed by atoms with Gasteiger partial charge in [-0.15, -0.1) is 0 Å². The van der Waals surface area contributed by atoms with Gasteiger partial charge in [0.1, 0.15) is 0 Å². The quantitative estimate of drug-likeness (QED) is 0.162. The molecule has 1 heterocycles. The first-order valence-electron chi connectivity index (χ1n) is 13.2. The second-order valence-electron chi connectivity index (χ2n) is 9.90. The number of carbonyl (C=O) groups excluding carboxylic acids is 3. The molecule has 0 saturated carbocycles. The summed E-state index contributed by atoms with van der Waals surface area (Å²) in [5, 5.41) is 3.64. The van der Waals surface area contributed by atoms with Crippen LogP contribution < -0.4 is 0 Å². The van der Waals surface area contributed by atoms with Crippen molar-refractivity contribution in [1.82, 2.24) is 4.57 Å². The number of aryl methyl sites for hydroxylation is 2. The van der Waals surface area contributed by atoms with Gasteiger partial charge in [0.25, 0.3) is 0 Å². The Bertz CT molecular complexity index is 1940. The van der Waals surface area contributed by atoms with Crippen molar-refractivity contribution in [2.75, 3.05) is 0 Å². The lowest BCUT2D eigenvalue weighted by Gasteiger charge is -2.06. The van der Waals surface area contributed by atoms with Crippen molar-refractivity contribution in [3.63, 3.8) is 0 Å². The van der Waals surface area contributed by atoms with Crippen LogP contribution in [-0.4, -0.2) is 21.9 Å². The minimum Gasteiger partial charge on any atom is -0.341 e. The van der Waals surface area contributed by atoms with Crippen molar-refractivity contribution in [2.45, 2.75) is 26.8 Å². The molecule has 0 saturated heterocycles. The molecule has 0 N–H and O–H groups in total. The van der Waals surface area contributed by atoms with Crippen LogP contribution in [0.5, 0.6) is 0 Å². The minimum atomic E-state index is -0.223. The van der Waals surface area contributed by atoms with Gasteiger partial charge >= 0.3 is 0 Å². The number of hydrogen-bond donors (Lipinski definition) is 0. The molecule has 0 aliphatic heterocycles. The predicted molar refractivity (Wildman–Crippen MR) is 157 cm³/mol. The number of benzene rings is 5. The summed E-state index contributed by atoms with van der Waals surface area (Å²) in [5.74, 6) is -0.446. The molecule has 6 aromatic rings. The van der Waals surface area contributed by atoms with Gasteiger partial charge in [0, 0.05) is 50.6 Å². The fraction of sp³-hybridized carbons (Fsp3) is 0.114. The maximum absolute atomic E-state index is 13.3.